The molecule has 0 fully saturated rings. The van der Waals surface area contributed by atoms with Crippen molar-refractivity contribution in [1.82, 2.24) is 4.90 Å². The molecule has 20 heavy (non-hydrogen) atoms. The zero-order chi connectivity index (χ0) is 14.5. The van der Waals surface area contributed by atoms with Crippen LogP contribution in [0.15, 0.2) is 48.5 Å². The van der Waals surface area contributed by atoms with Crippen molar-refractivity contribution in [3.63, 3.8) is 0 Å². The third-order valence-electron chi connectivity index (χ3n) is 3.12. The Hall–Kier alpha value is -1.69. The van der Waals surface area contributed by atoms with Crippen LogP contribution in [0.1, 0.15) is 11.1 Å². The van der Waals surface area contributed by atoms with Crippen LogP contribution in [-0.4, -0.2) is 29.1 Å². The van der Waals surface area contributed by atoms with E-state index in [2.05, 4.69) is 0 Å². The molecular formula is C15H17BFNO2. The maximum Gasteiger partial charge on any atom is 0.488 e. The molecule has 0 heterocycles. The zero-order valence-electron chi connectivity index (χ0n) is 11.3. The minimum Gasteiger partial charge on any atom is -0.423 e. The second-order valence-electron chi connectivity index (χ2n) is 4.87. The molecule has 0 radical (unpaired) electrons. The molecule has 2 rings (SSSR count). The average molecular weight is 273 g/mol. The van der Waals surface area contributed by atoms with E-state index >= 15 is 0 Å². The van der Waals surface area contributed by atoms with Gasteiger partial charge in [-0.15, -0.1) is 0 Å². The van der Waals surface area contributed by atoms with Gasteiger partial charge in [0.25, 0.3) is 0 Å². The van der Waals surface area contributed by atoms with Crippen LogP contribution in [0.2, 0.25) is 0 Å². The molecule has 0 aromatic heterocycles. The molecule has 0 bridgehead atoms. The summed E-state index contributed by atoms with van der Waals surface area (Å²) in [6.45, 7) is 1.15. The Kier molecular flexibility index (Phi) is 4.90. The highest BCUT2D eigenvalue weighted by molar-refractivity contribution is 6.59. The molecular weight excluding hydrogens is 256 g/mol. The lowest BCUT2D eigenvalue weighted by atomic mass is 9.77. The van der Waals surface area contributed by atoms with E-state index in [0.717, 1.165) is 11.1 Å². The predicted octanol–water partition coefficient (Wildman–Crippen LogP) is 1.14. The van der Waals surface area contributed by atoms with E-state index < -0.39 is 7.12 Å². The van der Waals surface area contributed by atoms with E-state index in [-0.39, 0.29) is 5.82 Å². The first-order valence-electron chi connectivity index (χ1n) is 6.43. The van der Waals surface area contributed by atoms with Crippen molar-refractivity contribution in [2.75, 3.05) is 7.05 Å². The topological polar surface area (TPSA) is 43.7 Å². The summed E-state index contributed by atoms with van der Waals surface area (Å²) in [5.41, 5.74) is 2.23. The quantitative estimate of drug-likeness (QED) is 0.803. The molecule has 2 N–H and O–H groups in total. The number of rotatable bonds is 5. The Morgan fingerprint density at radius 3 is 2.50 bits per heavy atom. The molecule has 0 aliphatic heterocycles. The Morgan fingerprint density at radius 2 is 1.80 bits per heavy atom. The lowest BCUT2D eigenvalue weighted by Crippen LogP contribution is -2.34. The van der Waals surface area contributed by atoms with Gasteiger partial charge in [-0.3, -0.25) is 4.90 Å². The van der Waals surface area contributed by atoms with E-state index in [9.17, 15) is 14.4 Å². The largest absolute Gasteiger partial charge is 0.488 e. The van der Waals surface area contributed by atoms with Crippen LogP contribution in [0.5, 0.6) is 0 Å². The Bertz CT molecular complexity index is 577. The Labute approximate surface area is 118 Å². The molecule has 0 atom stereocenters. The molecule has 0 amide bonds. The van der Waals surface area contributed by atoms with Gasteiger partial charge in [-0.05, 0) is 35.8 Å². The smallest absolute Gasteiger partial charge is 0.423 e. The van der Waals surface area contributed by atoms with Crippen molar-refractivity contribution in [1.29, 1.82) is 0 Å². The van der Waals surface area contributed by atoms with Gasteiger partial charge in [0.2, 0.25) is 0 Å². The number of hydrogen-bond donors (Lipinski definition) is 2. The standard InChI is InChI=1S/C15H17BFNO2/c1-18(10-12-5-4-7-14(17)9-12)11-13-6-2-3-8-15(13)16(19)20/h2-9,19-20H,10-11H2,1H3. The van der Waals surface area contributed by atoms with Gasteiger partial charge < -0.3 is 10.0 Å². The molecule has 5 heteroatoms. The van der Waals surface area contributed by atoms with E-state index in [1.54, 1.807) is 18.2 Å². The van der Waals surface area contributed by atoms with E-state index in [0.29, 0.717) is 18.6 Å². The second-order valence-corrected chi connectivity index (χ2v) is 4.87. The number of benzene rings is 2. The molecule has 0 spiro atoms. The van der Waals surface area contributed by atoms with Gasteiger partial charge in [-0.2, -0.15) is 0 Å². The van der Waals surface area contributed by atoms with Crippen LogP contribution in [0.4, 0.5) is 4.39 Å². The number of halogens is 1. The lowest BCUT2D eigenvalue weighted by Gasteiger charge is -2.19. The van der Waals surface area contributed by atoms with E-state index in [1.165, 1.54) is 12.1 Å². The molecule has 0 unspecified atom stereocenters. The molecule has 0 saturated carbocycles. The SMILES string of the molecule is CN(Cc1cccc(F)c1)Cc1ccccc1B(O)O. The highest BCUT2D eigenvalue weighted by Crippen LogP contribution is 2.09. The summed E-state index contributed by atoms with van der Waals surface area (Å²) in [5.74, 6) is -0.248. The average Bonchev–Trinajstić information content (AvgIpc) is 2.38. The summed E-state index contributed by atoms with van der Waals surface area (Å²) in [7, 11) is 0.430. The number of nitrogens with zero attached hydrogens (tertiary/aromatic N) is 1. The van der Waals surface area contributed by atoms with Crippen LogP contribution >= 0.6 is 0 Å². The third kappa shape index (κ3) is 3.90. The minimum absolute atomic E-state index is 0.248. The molecule has 0 saturated heterocycles. The Morgan fingerprint density at radius 1 is 1.05 bits per heavy atom. The summed E-state index contributed by atoms with van der Waals surface area (Å²) < 4.78 is 13.1. The summed E-state index contributed by atoms with van der Waals surface area (Å²) >= 11 is 0. The van der Waals surface area contributed by atoms with E-state index in [1.807, 2.05) is 30.1 Å². The highest BCUT2D eigenvalue weighted by Gasteiger charge is 2.16. The van der Waals surface area contributed by atoms with Gasteiger partial charge in [-0.25, -0.2) is 4.39 Å². The maximum absolute atomic E-state index is 13.1. The van der Waals surface area contributed by atoms with Crippen LogP contribution in [-0.2, 0) is 13.1 Å². The molecule has 2 aromatic rings. The molecule has 3 nitrogen and oxygen atoms in total. The van der Waals surface area contributed by atoms with Crippen molar-refractivity contribution >= 4 is 12.6 Å². The van der Waals surface area contributed by atoms with Crippen LogP contribution in [0.25, 0.3) is 0 Å². The first-order valence-corrected chi connectivity index (χ1v) is 6.43. The van der Waals surface area contributed by atoms with Gasteiger partial charge >= 0.3 is 7.12 Å². The van der Waals surface area contributed by atoms with Crippen molar-refractivity contribution in [2.24, 2.45) is 0 Å². The van der Waals surface area contributed by atoms with Crippen LogP contribution in [0.3, 0.4) is 0 Å². The monoisotopic (exact) mass is 273 g/mol. The van der Waals surface area contributed by atoms with Crippen molar-refractivity contribution < 1.29 is 14.4 Å². The molecule has 104 valence electrons. The fourth-order valence-corrected chi connectivity index (χ4v) is 2.22. The summed E-state index contributed by atoms with van der Waals surface area (Å²) in [6.07, 6.45) is 0. The third-order valence-corrected chi connectivity index (χ3v) is 3.12. The normalized spacial score (nSPS) is 10.8. The maximum atomic E-state index is 13.1. The first kappa shape index (κ1) is 14.7. The van der Waals surface area contributed by atoms with Gasteiger partial charge in [0.05, 0.1) is 0 Å². The summed E-state index contributed by atoms with van der Waals surface area (Å²) in [5, 5.41) is 18.7. The molecule has 0 aliphatic carbocycles. The van der Waals surface area contributed by atoms with Crippen molar-refractivity contribution in [3.8, 4) is 0 Å². The fourth-order valence-electron chi connectivity index (χ4n) is 2.22. The van der Waals surface area contributed by atoms with Crippen molar-refractivity contribution in [3.05, 3.63) is 65.5 Å². The highest BCUT2D eigenvalue weighted by atomic mass is 19.1. The first-order chi connectivity index (χ1) is 9.56. The summed E-state index contributed by atoms with van der Waals surface area (Å²) in [4.78, 5) is 2.00. The fraction of sp³-hybridized carbons (Fsp3) is 0.200. The van der Waals surface area contributed by atoms with Crippen molar-refractivity contribution in [2.45, 2.75) is 13.1 Å². The van der Waals surface area contributed by atoms with Gasteiger partial charge in [0.1, 0.15) is 5.82 Å². The molecule has 0 aliphatic rings. The predicted molar refractivity (Wildman–Crippen MR) is 77.8 cm³/mol. The minimum atomic E-state index is -1.48. The summed E-state index contributed by atoms with van der Waals surface area (Å²) in [6, 6.07) is 13.6. The molecule has 2 aromatic carbocycles. The van der Waals surface area contributed by atoms with Crippen LogP contribution in [0, 0.1) is 5.82 Å². The van der Waals surface area contributed by atoms with Gasteiger partial charge in [0.15, 0.2) is 0 Å². The van der Waals surface area contributed by atoms with Gasteiger partial charge in [0, 0.05) is 13.1 Å². The second kappa shape index (κ2) is 6.66. The van der Waals surface area contributed by atoms with Crippen LogP contribution < -0.4 is 5.46 Å². The lowest BCUT2D eigenvalue weighted by molar-refractivity contribution is 0.318. The zero-order valence-corrected chi connectivity index (χ0v) is 11.3. The Balaban J connectivity index is 2.06. The number of hydrogen-bond acceptors (Lipinski definition) is 3. The van der Waals surface area contributed by atoms with Gasteiger partial charge in [-0.1, -0.05) is 36.4 Å². The van der Waals surface area contributed by atoms with E-state index in [4.69, 9.17) is 0 Å².